The predicted octanol–water partition coefficient (Wildman–Crippen LogP) is 1.13. The van der Waals surface area contributed by atoms with Gasteiger partial charge in [-0.15, -0.1) is 9.19 Å². The van der Waals surface area contributed by atoms with Crippen LogP contribution >= 0.6 is 0 Å². The van der Waals surface area contributed by atoms with Gasteiger partial charge >= 0.3 is 0 Å². The smallest absolute Gasteiger partial charge is 0.199 e. The molecule has 2 rings (SSSR count). The van der Waals surface area contributed by atoms with Crippen LogP contribution in [0.15, 0.2) is 35.4 Å². The maximum absolute atomic E-state index is 12.1. The minimum atomic E-state index is -3.60. The lowest BCUT2D eigenvalue weighted by molar-refractivity contribution is 0.575. The van der Waals surface area contributed by atoms with E-state index in [0.717, 1.165) is 9.65 Å². The van der Waals surface area contributed by atoms with Crippen molar-refractivity contribution in [2.45, 2.75) is 18.7 Å². The van der Waals surface area contributed by atoms with Gasteiger partial charge in [0.1, 0.15) is 0 Å². The van der Waals surface area contributed by atoms with Gasteiger partial charge in [0.05, 0.1) is 16.8 Å². The molecular weight excluding hydrogens is 226 g/mol. The van der Waals surface area contributed by atoms with E-state index in [1.807, 2.05) is 6.92 Å². The van der Waals surface area contributed by atoms with Gasteiger partial charge in [-0.05, 0) is 26.0 Å². The summed E-state index contributed by atoms with van der Waals surface area (Å²) in [6, 6.07) is 6.62. The van der Waals surface area contributed by atoms with Crippen LogP contribution in [0.5, 0.6) is 0 Å². The topological polar surface area (TPSA) is 64.8 Å². The zero-order chi connectivity index (χ0) is 11.8. The highest BCUT2D eigenvalue weighted by atomic mass is 32.2. The quantitative estimate of drug-likeness (QED) is 0.785. The molecule has 84 valence electrons. The lowest BCUT2D eigenvalue weighted by atomic mass is 10.2. The Hall–Kier alpha value is -1.69. The number of hydrogen-bond acceptors (Lipinski definition) is 4. The molecule has 0 bridgehead atoms. The van der Waals surface area contributed by atoms with E-state index in [2.05, 4.69) is 10.3 Å². The zero-order valence-electron chi connectivity index (χ0n) is 8.95. The first-order valence-electron chi connectivity index (χ1n) is 4.71. The summed E-state index contributed by atoms with van der Waals surface area (Å²) in [5.74, 6) is 0. The van der Waals surface area contributed by atoms with Crippen molar-refractivity contribution >= 4 is 10.0 Å². The second-order valence-electron chi connectivity index (χ2n) is 3.54. The molecule has 0 aliphatic rings. The van der Waals surface area contributed by atoms with Gasteiger partial charge < -0.3 is 0 Å². The van der Waals surface area contributed by atoms with E-state index in [4.69, 9.17) is 0 Å². The average Bonchev–Trinajstić information content (AvgIpc) is 2.66. The number of aromatic nitrogens is 3. The van der Waals surface area contributed by atoms with Crippen LogP contribution in [-0.2, 0) is 10.0 Å². The Bertz CT molecular complexity index is 599. The van der Waals surface area contributed by atoms with E-state index in [9.17, 15) is 8.42 Å². The Labute approximate surface area is 93.8 Å². The lowest BCUT2D eigenvalue weighted by Gasteiger charge is -2.05. The molecule has 0 saturated heterocycles. The van der Waals surface area contributed by atoms with Gasteiger partial charge in [0, 0.05) is 0 Å². The highest BCUT2D eigenvalue weighted by Gasteiger charge is 2.19. The summed E-state index contributed by atoms with van der Waals surface area (Å²) in [6.07, 6.45) is 1.41. The molecular formula is C10H11N3O2S. The largest absolute Gasteiger partial charge is 0.284 e. The van der Waals surface area contributed by atoms with Crippen LogP contribution in [0.2, 0.25) is 0 Å². The van der Waals surface area contributed by atoms with E-state index < -0.39 is 10.0 Å². The van der Waals surface area contributed by atoms with Gasteiger partial charge in [0.25, 0.3) is 10.0 Å². The summed E-state index contributed by atoms with van der Waals surface area (Å²) in [5.41, 5.74) is 1.50. The van der Waals surface area contributed by atoms with E-state index in [-0.39, 0.29) is 4.90 Å². The van der Waals surface area contributed by atoms with Crippen LogP contribution in [-0.4, -0.2) is 22.8 Å². The molecule has 1 heterocycles. The third-order valence-electron chi connectivity index (χ3n) is 2.23. The van der Waals surface area contributed by atoms with Gasteiger partial charge in [-0.3, -0.25) is 0 Å². The molecule has 16 heavy (non-hydrogen) atoms. The van der Waals surface area contributed by atoms with Crippen LogP contribution in [0.3, 0.4) is 0 Å². The van der Waals surface area contributed by atoms with Crippen molar-refractivity contribution in [3.63, 3.8) is 0 Å². The molecule has 1 aromatic heterocycles. The lowest BCUT2D eigenvalue weighted by Crippen LogP contribution is -2.16. The Morgan fingerprint density at radius 1 is 1.12 bits per heavy atom. The van der Waals surface area contributed by atoms with Crippen molar-refractivity contribution in [3.8, 4) is 0 Å². The predicted molar refractivity (Wildman–Crippen MR) is 58.5 cm³/mol. The second-order valence-corrected chi connectivity index (χ2v) is 5.30. The molecule has 0 fully saturated rings. The molecule has 6 heteroatoms. The first kappa shape index (κ1) is 10.8. The third-order valence-corrected chi connectivity index (χ3v) is 3.91. The number of nitrogens with zero attached hydrogens (tertiary/aromatic N) is 3. The molecule has 0 radical (unpaired) electrons. The fraction of sp³-hybridized carbons (Fsp3) is 0.200. The minimum Gasteiger partial charge on any atom is -0.199 e. The number of rotatable bonds is 2. The molecule has 0 N–H and O–H groups in total. The first-order valence-corrected chi connectivity index (χ1v) is 6.15. The maximum Gasteiger partial charge on any atom is 0.284 e. The Kier molecular flexibility index (Phi) is 2.51. The highest BCUT2D eigenvalue weighted by molar-refractivity contribution is 7.89. The highest BCUT2D eigenvalue weighted by Crippen LogP contribution is 2.14. The minimum absolute atomic E-state index is 0.215. The van der Waals surface area contributed by atoms with Gasteiger partial charge in [-0.25, -0.2) is 0 Å². The summed E-state index contributed by atoms with van der Waals surface area (Å²) in [7, 11) is -3.60. The first-order chi connectivity index (χ1) is 7.51. The van der Waals surface area contributed by atoms with Gasteiger partial charge in [0.15, 0.2) is 0 Å². The van der Waals surface area contributed by atoms with Gasteiger partial charge in [-0.2, -0.15) is 8.42 Å². The maximum atomic E-state index is 12.1. The van der Waals surface area contributed by atoms with E-state index in [1.54, 1.807) is 31.2 Å². The molecule has 0 aliphatic carbocycles. The average molecular weight is 237 g/mol. The Morgan fingerprint density at radius 2 is 1.75 bits per heavy atom. The molecule has 0 aliphatic heterocycles. The Balaban J connectivity index is 2.56. The molecule has 0 spiro atoms. The molecule has 5 nitrogen and oxygen atoms in total. The van der Waals surface area contributed by atoms with Crippen molar-refractivity contribution in [1.29, 1.82) is 0 Å². The van der Waals surface area contributed by atoms with Crippen molar-refractivity contribution in [2.75, 3.05) is 0 Å². The van der Waals surface area contributed by atoms with E-state index in [1.165, 1.54) is 6.20 Å². The summed E-state index contributed by atoms with van der Waals surface area (Å²) < 4.78 is 25.1. The third kappa shape index (κ3) is 1.71. The standard InChI is InChI=1S/C10H11N3O2S/c1-8-3-5-10(6-4-8)16(14,15)13-9(2)7-11-12-13/h3-7H,1-2H3. The zero-order valence-corrected chi connectivity index (χ0v) is 9.77. The normalized spacial score (nSPS) is 11.6. The number of benzene rings is 1. The van der Waals surface area contributed by atoms with Crippen LogP contribution in [0.4, 0.5) is 0 Å². The SMILES string of the molecule is Cc1ccc(S(=O)(=O)n2nncc2C)cc1. The fourth-order valence-corrected chi connectivity index (χ4v) is 2.57. The second kappa shape index (κ2) is 3.71. The molecule has 2 aromatic rings. The van der Waals surface area contributed by atoms with Crippen LogP contribution in [0.1, 0.15) is 11.3 Å². The summed E-state index contributed by atoms with van der Waals surface area (Å²) in [4.78, 5) is 0.215. The summed E-state index contributed by atoms with van der Waals surface area (Å²) >= 11 is 0. The van der Waals surface area contributed by atoms with Crippen molar-refractivity contribution < 1.29 is 8.42 Å². The Morgan fingerprint density at radius 3 is 2.25 bits per heavy atom. The monoisotopic (exact) mass is 237 g/mol. The molecule has 0 atom stereocenters. The van der Waals surface area contributed by atoms with Crippen LogP contribution < -0.4 is 0 Å². The number of hydrogen-bond donors (Lipinski definition) is 0. The number of aryl methyl sites for hydroxylation is 2. The molecule has 1 aromatic carbocycles. The van der Waals surface area contributed by atoms with E-state index >= 15 is 0 Å². The van der Waals surface area contributed by atoms with Crippen molar-refractivity contribution in [3.05, 3.63) is 41.7 Å². The van der Waals surface area contributed by atoms with Gasteiger partial charge in [-0.1, -0.05) is 22.9 Å². The molecule has 0 saturated carbocycles. The van der Waals surface area contributed by atoms with Crippen molar-refractivity contribution in [1.82, 2.24) is 14.4 Å². The summed E-state index contributed by atoms with van der Waals surface area (Å²) in [6.45, 7) is 3.54. The van der Waals surface area contributed by atoms with Crippen LogP contribution in [0, 0.1) is 13.8 Å². The summed E-state index contributed by atoms with van der Waals surface area (Å²) in [5, 5.41) is 7.13. The molecule has 0 amide bonds. The van der Waals surface area contributed by atoms with Crippen molar-refractivity contribution in [2.24, 2.45) is 0 Å². The van der Waals surface area contributed by atoms with E-state index in [0.29, 0.717) is 5.69 Å². The molecule has 0 unspecified atom stereocenters. The fourth-order valence-electron chi connectivity index (χ4n) is 1.32. The van der Waals surface area contributed by atoms with Crippen LogP contribution in [0.25, 0.3) is 0 Å². The van der Waals surface area contributed by atoms with Gasteiger partial charge in [0.2, 0.25) is 0 Å².